The third-order valence-electron chi connectivity index (χ3n) is 2.51. The van der Waals surface area contributed by atoms with Gasteiger partial charge in [-0.15, -0.1) is 0 Å². The summed E-state index contributed by atoms with van der Waals surface area (Å²) in [6.45, 7) is 7.50. The lowest BCUT2D eigenvalue weighted by molar-refractivity contribution is 0.412. The standard InChI is InChI=1S/C13H20FN/c1-4-9-15-13(10(2)3)11-5-7-12(14)8-6-11/h5-8,10,13,15H,4,9H2,1-3H3. The van der Waals surface area contributed by atoms with E-state index >= 15 is 0 Å². The molecule has 0 spiro atoms. The molecule has 2 heteroatoms. The fourth-order valence-electron chi connectivity index (χ4n) is 1.71. The molecule has 1 atom stereocenters. The monoisotopic (exact) mass is 209 g/mol. The van der Waals surface area contributed by atoms with Crippen LogP contribution in [0.4, 0.5) is 4.39 Å². The molecule has 1 aromatic carbocycles. The molecule has 0 aromatic heterocycles. The Hall–Kier alpha value is -0.890. The molecule has 0 bridgehead atoms. The highest BCUT2D eigenvalue weighted by atomic mass is 19.1. The Morgan fingerprint density at radius 2 is 1.80 bits per heavy atom. The van der Waals surface area contributed by atoms with Crippen LogP contribution in [0.15, 0.2) is 24.3 Å². The molecule has 0 radical (unpaired) electrons. The molecule has 0 aliphatic heterocycles. The van der Waals surface area contributed by atoms with Gasteiger partial charge in [0.2, 0.25) is 0 Å². The molecule has 0 heterocycles. The van der Waals surface area contributed by atoms with Crippen molar-refractivity contribution in [3.63, 3.8) is 0 Å². The average Bonchev–Trinajstić information content (AvgIpc) is 2.21. The van der Waals surface area contributed by atoms with Crippen LogP contribution in [0.25, 0.3) is 0 Å². The highest BCUT2D eigenvalue weighted by Gasteiger charge is 2.14. The zero-order chi connectivity index (χ0) is 11.3. The molecule has 0 aliphatic carbocycles. The van der Waals surface area contributed by atoms with E-state index in [2.05, 4.69) is 26.1 Å². The molecular weight excluding hydrogens is 189 g/mol. The molecule has 1 N–H and O–H groups in total. The van der Waals surface area contributed by atoms with E-state index in [1.165, 1.54) is 17.7 Å². The van der Waals surface area contributed by atoms with Gasteiger partial charge in [0.15, 0.2) is 0 Å². The molecule has 0 saturated heterocycles. The van der Waals surface area contributed by atoms with Gasteiger partial charge in [0, 0.05) is 6.04 Å². The Balaban J connectivity index is 2.74. The molecule has 0 fully saturated rings. The number of halogens is 1. The second-order valence-corrected chi connectivity index (χ2v) is 4.23. The van der Waals surface area contributed by atoms with Crippen molar-refractivity contribution in [1.29, 1.82) is 0 Å². The van der Waals surface area contributed by atoms with E-state index in [1.807, 2.05) is 12.1 Å². The largest absolute Gasteiger partial charge is 0.310 e. The van der Waals surface area contributed by atoms with Crippen LogP contribution in [0.5, 0.6) is 0 Å². The predicted molar refractivity (Wildman–Crippen MR) is 62.3 cm³/mol. The van der Waals surface area contributed by atoms with Crippen molar-refractivity contribution in [2.24, 2.45) is 5.92 Å². The van der Waals surface area contributed by atoms with E-state index in [-0.39, 0.29) is 5.82 Å². The zero-order valence-corrected chi connectivity index (χ0v) is 9.76. The number of hydrogen-bond donors (Lipinski definition) is 1. The number of rotatable bonds is 5. The molecule has 15 heavy (non-hydrogen) atoms. The maximum Gasteiger partial charge on any atom is 0.123 e. The number of hydrogen-bond acceptors (Lipinski definition) is 1. The van der Waals surface area contributed by atoms with Gasteiger partial charge in [-0.25, -0.2) is 4.39 Å². The first kappa shape index (κ1) is 12.2. The van der Waals surface area contributed by atoms with Gasteiger partial charge in [0.1, 0.15) is 5.82 Å². The van der Waals surface area contributed by atoms with Crippen molar-refractivity contribution < 1.29 is 4.39 Å². The lowest BCUT2D eigenvalue weighted by atomic mass is 9.96. The van der Waals surface area contributed by atoms with Crippen LogP contribution in [0, 0.1) is 11.7 Å². The first-order valence-corrected chi connectivity index (χ1v) is 5.64. The maximum absolute atomic E-state index is 12.8. The molecule has 1 nitrogen and oxygen atoms in total. The summed E-state index contributed by atoms with van der Waals surface area (Å²) in [5.74, 6) is 0.346. The smallest absolute Gasteiger partial charge is 0.123 e. The van der Waals surface area contributed by atoms with Crippen LogP contribution in [-0.2, 0) is 0 Å². The summed E-state index contributed by atoms with van der Waals surface area (Å²) < 4.78 is 12.8. The molecule has 1 aromatic rings. The van der Waals surface area contributed by atoms with Crippen molar-refractivity contribution in [1.82, 2.24) is 5.32 Å². The second-order valence-electron chi connectivity index (χ2n) is 4.23. The van der Waals surface area contributed by atoms with Crippen LogP contribution in [-0.4, -0.2) is 6.54 Å². The van der Waals surface area contributed by atoms with Gasteiger partial charge in [-0.1, -0.05) is 32.9 Å². The Kier molecular flexibility index (Phi) is 4.76. The summed E-state index contributed by atoms with van der Waals surface area (Å²) in [6.07, 6.45) is 1.12. The van der Waals surface area contributed by atoms with Gasteiger partial charge in [0.05, 0.1) is 0 Å². The molecule has 1 unspecified atom stereocenters. The lowest BCUT2D eigenvalue weighted by Gasteiger charge is -2.22. The molecular formula is C13H20FN. The maximum atomic E-state index is 12.8. The normalized spacial score (nSPS) is 13.1. The van der Waals surface area contributed by atoms with Gasteiger partial charge in [-0.2, -0.15) is 0 Å². The summed E-state index contributed by atoms with van der Waals surface area (Å²) >= 11 is 0. The van der Waals surface area contributed by atoms with Gasteiger partial charge in [-0.05, 0) is 36.6 Å². The van der Waals surface area contributed by atoms with E-state index < -0.39 is 0 Å². The van der Waals surface area contributed by atoms with E-state index in [9.17, 15) is 4.39 Å². The minimum atomic E-state index is -0.170. The van der Waals surface area contributed by atoms with Gasteiger partial charge >= 0.3 is 0 Å². The Bertz CT molecular complexity index is 279. The average molecular weight is 209 g/mol. The van der Waals surface area contributed by atoms with Crippen LogP contribution in [0.3, 0.4) is 0 Å². The Labute approximate surface area is 91.7 Å². The topological polar surface area (TPSA) is 12.0 Å². The lowest BCUT2D eigenvalue weighted by Crippen LogP contribution is -2.26. The molecule has 84 valence electrons. The van der Waals surface area contributed by atoms with Crippen molar-refractivity contribution in [3.05, 3.63) is 35.6 Å². The van der Waals surface area contributed by atoms with E-state index in [0.29, 0.717) is 12.0 Å². The Morgan fingerprint density at radius 1 is 1.20 bits per heavy atom. The minimum Gasteiger partial charge on any atom is -0.310 e. The Morgan fingerprint density at radius 3 is 2.27 bits per heavy atom. The number of benzene rings is 1. The summed E-state index contributed by atoms with van der Waals surface area (Å²) in [6, 6.07) is 7.10. The summed E-state index contributed by atoms with van der Waals surface area (Å²) in [5.41, 5.74) is 1.17. The van der Waals surface area contributed by atoms with E-state index in [4.69, 9.17) is 0 Å². The fraction of sp³-hybridized carbons (Fsp3) is 0.538. The number of nitrogens with one attached hydrogen (secondary N) is 1. The van der Waals surface area contributed by atoms with Crippen LogP contribution in [0.2, 0.25) is 0 Å². The van der Waals surface area contributed by atoms with Crippen LogP contribution >= 0.6 is 0 Å². The predicted octanol–water partition coefficient (Wildman–Crippen LogP) is 3.52. The molecule has 0 amide bonds. The van der Waals surface area contributed by atoms with E-state index in [1.54, 1.807) is 0 Å². The summed E-state index contributed by atoms with van der Waals surface area (Å²) in [5, 5.41) is 3.48. The first-order chi connectivity index (χ1) is 7.15. The quantitative estimate of drug-likeness (QED) is 0.782. The zero-order valence-electron chi connectivity index (χ0n) is 9.76. The minimum absolute atomic E-state index is 0.170. The van der Waals surface area contributed by atoms with Gasteiger partial charge in [-0.3, -0.25) is 0 Å². The first-order valence-electron chi connectivity index (χ1n) is 5.64. The SMILES string of the molecule is CCCNC(c1ccc(F)cc1)C(C)C. The van der Waals surface area contributed by atoms with Crippen molar-refractivity contribution in [2.75, 3.05) is 6.54 Å². The molecule has 1 rings (SSSR count). The van der Waals surface area contributed by atoms with Crippen LogP contribution < -0.4 is 5.32 Å². The summed E-state index contributed by atoms with van der Waals surface area (Å²) in [7, 11) is 0. The highest BCUT2D eigenvalue weighted by molar-refractivity contribution is 5.20. The second kappa shape index (κ2) is 5.86. The third-order valence-corrected chi connectivity index (χ3v) is 2.51. The van der Waals surface area contributed by atoms with Crippen molar-refractivity contribution in [3.8, 4) is 0 Å². The summed E-state index contributed by atoms with van der Waals surface area (Å²) in [4.78, 5) is 0. The third kappa shape index (κ3) is 3.63. The molecule has 0 saturated carbocycles. The highest BCUT2D eigenvalue weighted by Crippen LogP contribution is 2.21. The van der Waals surface area contributed by atoms with Gasteiger partial charge < -0.3 is 5.32 Å². The van der Waals surface area contributed by atoms with Crippen molar-refractivity contribution >= 4 is 0 Å². The van der Waals surface area contributed by atoms with Gasteiger partial charge in [0.25, 0.3) is 0 Å². The fourth-order valence-corrected chi connectivity index (χ4v) is 1.71. The van der Waals surface area contributed by atoms with Crippen LogP contribution in [0.1, 0.15) is 38.8 Å². The molecule has 0 aliphatic rings. The van der Waals surface area contributed by atoms with E-state index in [0.717, 1.165) is 13.0 Å². The van der Waals surface area contributed by atoms with Crippen molar-refractivity contribution in [2.45, 2.75) is 33.2 Å².